The molecule has 28 heavy (non-hydrogen) atoms. The highest BCUT2D eigenvalue weighted by molar-refractivity contribution is 6.04. The maximum atomic E-state index is 12.6. The first-order valence-electron chi connectivity index (χ1n) is 8.72. The van der Waals surface area contributed by atoms with E-state index in [1.807, 2.05) is 32.0 Å². The molecule has 1 amide bonds. The fourth-order valence-corrected chi connectivity index (χ4v) is 2.49. The van der Waals surface area contributed by atoms with E-state index in [1.54, 1.807) is 30.3 Å². The summed E-state index contributed by atoms with van der Waals surface area (Å²) in [7, 11) is 0. The maximum Gasteiger partial charge on any atom is 0.274 e. The van der Waals surface area contributed by atoms with Crippen molar-refractivity contribution >= 4 is 23.1 Å². The quantitative estimate of drug-likeness (QED) is 0.674. The van der Waals surface area contributed by atoms with Gasteiger partial charge in [-0.05, 0) is 38.1 Å². The molecule has 0 spiro atoms. The summed E-state index contributed by atoms with van der Waals surface area (Å²) in [6, 6.07) is 17.9. The third kappa shape index (κ3) is 4.62. The first-order valence-corrected chi connectivity index (χ1v) is 8.72. The number of hydrogen-bond acceptors (Lipinski definition) is 6. The van der Waals surface area contributed by atoms with Crippen molar-refractivity contribution in [1.82, 2.24) is 9.97 Å². The van der Waals surface area contributed by atoms with E-state index in [2.05, 4.69) is 26.7 Å². The van der Waals surface area contributed by atoms with Crippen LogP contribution in [0, 0.1) is 11.3 Å². The highest BCUT2D eigenvalue weighted by Crippen LogP contribution is 2.25. The summed E-state index contributed by atoms with van der Waals surface area (Å²) in [5, 5.41) is 15.0. The number of hydrogen-bond donors (Lipinski definition) is 2. The van der Waals surface area contributed by atoms with E-state index < -0.39 is 0 Å². The van der Waals surface area contributed by atoms with Crippen molar-refractivity contribution in [2.75, 3.05) is 10.6 Å². The van der Waals surface area contributed by atoms with Crippen LogP contribution in [0.3, 0.4) is 0 Å². The van der Waals surface area contributed by atoms with Crippen LogP contribution in [0.1, 0.15) is 29.9 Å². The molecule has 7 heteroatoms. The topological polar surface area (TPSA) is 99.9 Å². The molecule has 0 unspecified atom stereocenters. The molecule has 0 aliphatic carbocycles. The number of amides is 1. The minimum atomic E-state index is -0.390. The summed E-state index contributed by atoms with van der Waals surface area (Å²) in [5.41, 5.74) is 1.83. The minimum absolute atomic E-state index is 0.0203. The lowest BCUT2D eigenvalue weighted by Gasteiger charge is -2.14. The zero-order valence-electron chi connectivity index (χ0n) is 15.5. The molecule has 2 aromatic carbocycles. The molecular weight excluding hydrogens is 354 g/mol. The van der Waals surface area contributed by atoms with Crippen molar-refractivity contribution in [3.05, 3.63) is 72.2 Å². The first-order chi connectivity index (χ1) is 13.6. The molecule has 140 valence electrons. The summed E-state index contributed by atoms with van der Waals surface area (Å²) < 4.78 is 5.72. The van der Waals surface area contributed by atoms with Crippen LogP contribution in [0.5, 0.6) is 5.75 Å². The van der Waals surface area contributed by atoms with E-state index in [0.717, 1.165) is 0 Å². The van der Waals surface area contributed by atoms with Gasteiger partial charge in [0.15, 0.2) is 0 Å². The Hall–Kier alpha value is -3.92. The molecular formula is C21H19N5O2. The molecule has 3 rings (SSSR count). The molecule has 0 aliphatic heterocycles. The Balaban J connectivity index is 1.79. The number of nitriles is 1. The van der Waals surface area contributed by atoms with E-state index in [0.29, 0.717) is 28.5 Å². The second-order valence-electron chi connectivity index (χ2n) is 6.19. The molecule has 3 aromatic rings. The van der Waals surface area contributed by atoms with Crippen LogP contribution in [0.25, 0.3) is 0 Å². The van der Waals surface area contributed by atoms with Gasteiger partial charge in [0.2, 0.25) is 0 Å². The van der Waals surface area contributed by atoms with Crippen molar-refractivity contribution in [2.24, 2.45) is 0 Å². The molecule has 0 radical (unpaired) electrons. The van der Waals surface area contributed by atoms with Crippen LogP contribution in [-0.2, 0) is 0 Å². The lowest BCUT2D eigenvalue weighted by molar-refractivity contribution is 0.102. The summed E-state index contributed by atoms with van der Waals surface area (Å²) in [6.07, 6.45) is 1.27. The van der Waals surface area contributed by atoms with Crippen molar-refractivity contribution < 1.29 is 9.53 Å². The number of carbonyl (C=O) groups is 1. The molecule has 0 fully saturated rings. The van der Waals surface area contributed by atoms with Crippen LogP contribution < -0.4 is 15.4 Å². The van der Waals surface area contributed by atoms with Gasteiger partial charge in [0, 0.05) is 6.07 Å². The molecule has 1 heterocycles. The number of benzene rings is 2. The number of ether oxygens (including phenoxy) is 1. The average molecular weight is 373 g/mol. The van der Waals surface area contributed by atoms with Gasteiger partial charge in [-0.1, -0.05) is 24.3 Å². The molecule has 2 N–H and O–H groups in total. The minimum Gasteiger partial charge on any atom is -0.489 e. The van der Waals surface area contributed by atoms with E-state index in [4.69, 9.17) is 4.74 Å². The van der Waals surface area contributed by atoms with Crippen LogP contribution in [0.2, 0.25) is 0 Å². The summed E-state index contributed by atoms with van der Waals surface area (Å²) in [4.78, 5) is 20.8. The van der Waals surface area contributed by atoms with E-state index in [9.17, 15) is 10.1 Å². The monoisotopic (exact) mass is 373 g/mol. The lowest BCUT2D eigenvalue weighted by Crippen LogP contribution is -2.16. The van der Waals surface area contributed by atoms with Gasteiger partial charge in [0.25, 0.3) is 5.91 Å². The van der Waals surface area contributed by atoms with Crippen molar-refractivity contribution in [2.45, 2.75) is 20.0 Å². The molecule has 0 aliphatic rings. The Morgan fingerprint density at radius 1 is 1.07 bits per heavy atom. The molecule has 0 bridgehead atoms. The Labute approximate surface area is 163 Å². The first kappa shape index (κ1) is 18.9. The SMILES string of the molecule is CC(C)Oc1ccccc1NC(=O)c1cc(Nc2ccccc2C#N)ncn1. The summed E-state index contributed by atoms with van der Waals surface area (Å²) >= 11 is 0. The van der Waals surface area contributed by atoms with E-state index >= 15 is 0 Å². The number of para-hydroxylation sites is 3. The summed E-state index contributed by atoms with van der Waals surface area (Å²) in [6.45, 7) is 3.83. The average Bonchev–Trinajstić information content (AvgIpc) is 2.70. The molecule has 0 saturated carbocycles. The number of carbonyl (C=O) groups excluding carboxylic acids is 1. The van der Waals surface area contributed by atoms with Gasteiger partial charge in [-0.3, -0.25) is 4.79 Å². The van der Waals surface area contributed by atoms with Crippen molar-refractivity contribution in [3.63, 3.8) is 0 Å². The fraction of sp³-hybridized carbons (Fsp3) is 0.143. The zero-order chi connectivity index (χ0) is 19.9. The van der Waals surface area contributed by atoms with Crippen molar-refractivity contribution in [1.29, 1.82) is 5.26 Å². The Bertz CT molecular complexity index is 1030. The number of aromatic nitrogens is 2. The van der Waals surface area contributed by atoms with Gasteiger partial charge in [0.1, 0.15) is 29.7 Å². The third-order valence-electron chi connectivity index (χ3n) is 3.71. The predicted octanol–water partition coefficient (Wildman–Crippen LogP) is 4.13. The molecule has 0 saturated heterocycles. The number of rotatable bonds is 6. The predicted molar refractivity (Wildman–Crippen MR) is 107 cm³/mol. The second kappa shape index (κ2) is 8.64. The Morgan fingerprint density at radius 3 is 2.54 bits per heavy atom. The second-order valence-corrected chi connectivity index (χ2v) is 6.19. The number of anilines is 3. The maximum absolute atomic E-state index is 12.6. The normalized spacial score (nSPS) is 10.2. The molecule has 1 aromatic heterocycles. The van der Waals surface area contributed by atoms with Crippen LogP contribution >= 0.6 is 0 Å². The van der Waals surface area contributed by atoms with Crippen LogP contribution in [-0.4, -0.2) is 22.0 Å². The Kier molecular flexibility index (Phi) is 5.82. The van der Waals surface area contributed by atoms with Gasteiger partial charge in [-0.2, -0.15) is 5.26 Å². The van der Waals surface area contributed by atoms with Crippen LogP contribution in [0.15, 0.2) is 60.9 Å². The largest absolute Gasteiger partial charge is 0.489 e. The van der Waals surface area contributed by atoms with Gasteiger partial charge in [0.05, 0.1) is 23.0 Å². The number of nitrogens with one attached hydrogen (secondary N) is 2. The zero-order valence-corrected chi connectivity index (χ0v) is 15.5. The van der Waals surface area contributed by atoms with Crippen molar-refractivity contribution in [3.8, 4) is 11.8 Å². The van der Waals surface area contributed by atoms with E-state index in [1.165, 1.54) is 12.4 Å². The standard InChI is InChI=1S/C21H19N5O2/c1-14(2)28-19-10-6-5-9-17(19)26-21(27)18-11-20(24-13-23-18)25-16-8-4-3-7-15(16)12-22/h3-11,13-14H,1-2H3,(H,26,27)(H,23,24,25). The van der Waals surface area contributed by atoms with Gasteiger partial charge >= 0.3 is 0 Å². The Morgan fingerprint density at radius 2 is 1.79 bits per heavy atom. The molecule has 0 atom stereocenters. The highest BCUT2D eigenvalue weighted by Gasteiger charge is 2.13. The fourth-order valence-electron chi connectivity index (χ4n) is 2.49. The van der Waals surface area contributed by atoms with Gasteiger partial charge < -0.3 is 15.4 Å². The molecule has 7 nitrogen and oxygen atoms in total. The van der Waals surface area contributed by atoms with E-state index in [-0.39, 0.29) is 17.7 Å². The van der Waals surface area contributed by atoms with Gasteiger partial charge in [-0.15, -0.1) is 0 Å². The summed E-state index contributed by atoms with van der Waals surface area (Å²) in [5.74, 6) is 0.606. The van der Waals surface area contributed by atoms with Gasteiger partial charge in [-0.25, -0.2) is 9.97 Å². The highest BCUT2D eigenvalue weighted by atomic mass is 16.5. The smallest absolute Gasteiger partial charge is 0.274 e. The number of nitrogens with zero attached hydrogens (tertiary/aromatic N) is 3. The van der Waals surface area contributed by atoms with Crippen LogP contribution in [0.4, 0.5) is 17.2 Å². The third-order valence-corrected chi connectivity index (χ3v) is 3.71. The lowest BCUT2D eigenvalue weighted by atomic mass is 10.2.